The van der Waals surface area contributed by atoms with Gasteiger partial charge >= 0.3 is 33.0 Å². The van der Waals surface area contributed by atoms with Gasteiger partial charge in [-0.2, -0.15) is 9.79 Å². The summed E-state index contributed by atoms with van der Waals surface area (Å²) in [5.41, 5.74) is 7.72. The van der Waals surface area contributed by atoms with Crippen LogP contribution in [-0.4, -0.2) is 64.6 Å². The summed E-state index contributed by atoms with van der Waals surface area (Å²) in [7, 11) is -3.94. The molecular formula is C33H56Cl2N6Ni2O5S2. The Morgan fingerprint density at radius 2 is 0.680 bits per heavy atom. The van der Waals surface area contributed by atoms with Crippen LogP contribution in [0.3, 0.4) is 0 Å². The van der Waals surface area contributed by atoms with Crippen LogP contribution in [0, 0.1) is 10.2 Å². The van der Waals surface area contributed by atoms with Crippen molar-refractivity contribution >= 4 is 25.3 Å². The summed E-state index contributed by atoms with van der Waals surface area (Å²) in [6.45, 7) is 24.0. The smallest absolute Gasteiger partial charge is 1.00 e. The van der Waals surface area contributed by atoms with E-state index in [9.17, 15) is 0 Å². The van der Waals surface area contributed by atoms with E-state index in [0.717, 1.165) is 95.4 Å². The van der Waals surface area contributed by atoms with Crippen LogP contribution in [0.5, 0.6) is 0 Å². The fourth-order valence-corrected chi connectivity index (χ4v) is 5.27. The molecular weight excluding hydrogens is 813 g/mol. The van der Waals surface area contributed by atoms with Gasteiger partial charge in [0.25, 0.3) is 0 Å². The van der Waals surface area contributed by atoms with Gasteiger partial charge in [-0.15, -0.1) is 10.2 Å². The summed E-state index contributed by atoms with van der Waals surface area (Å²) >= 11 is 11.8. The van der Waals surface area contributed by atoms with Gasteiger partial charge in [0.2, 0.25) is 0 Å². The monoisotopic (exact) mass is 866 g/mol. The first-order valence-corrected chi connectivity index (χ1v) is 18.0. The molecule has 0 amide bonds. The molecule has 0 atom stereocenters. The molecule has 17 heteroatoms. The number of nitrogens with one attached hydrogen (secondary N) is 6. The fourth-order valence-electron chi connectivity index (χ4n) is 4.75. The number of hydrogen-bond donors (Lipinski definition) is 7. The molecule has 0 aliphatic carbocycles. The number of hydrogen-bond acceptors (Lipinski definition) is 13. The first-order valence-electron chi connectivity index (χ1n) is 15.9. The van der Waals surface area contributed by atoms with E-state index in [4.69, 9.17) is 49.0 Å². The van der Waals surface area contributed by atoms with Crippen LogP contribution in [0.4, 0.5) is 0 Å². The number of fused-ring (bicyclic) bond motifs is 4. The molecule has 1 heterocycles. The summed E-state index contributed by atoms with van der Waals surface area (Å²) in [6, 6.07) is 9.18. The molecule has 2 aromatic carbocycles. The van der Waals surface area contributed by atoms with Crippen LogP contribution in [0.1, 0.15) is 74.9 Å². The van der Waals surface area contributed by atoms with Gasteiger partial charge in [0, 0.05) is 85.6 Å². The second kappa shape index (κ2) is 27.6. The third-order valence-corrected chi connectivity index (χ3v) is 8.44. The van der Waals surface area contributed by atoms with Crippen molar-refractivity contribution in [3.8, 4) is 0 Å². The molecule has 0 radical (unpaired) electrons. The van der Waals surface area contributed by atoms with Crippen molar-refractivity contribution in [1.29, 1.82) is 0 Å². The third kappa shape index (κ3) is 22.9. The van der Waals surface area contributed by atoms with Crippen LogP contribution in [0.25, 0.3) is 0 Å². The Kier molecular flexibility index (Phi) is 30.0. The maximum atomic E-state index is 8.49. The van der Waals surface area contributed by atoms with Crippen molar-refractivity contribution < 1.29 is 79.4 Å². The van der Waals surface area contributed by atoms with Crippen molar-refractivity contribution in [2.75, 3.05) is 59.5 Å². The molecule has 1 aliphatic heterocycles. The van der Waals surface area contributed by atoms with Crippen LogP contribution >= 0.6 is 0 Å². The Bertz CT molecular complexity index is 1050. The molecule has 294 valence electrons. The van der Waals surface area contributed by atoms with E-state index in [1.807, 2.05) is 0 Å². The number of aliphatic hydroxyl groups is 1. The van der Waals surface area contributed by atoms with Gasteiger partial charge in [-0.1, -0.05) is 88.1 Å². The molecule has 0 unspecified atom stereocenters. The molecule has 4 bridgehead atoms. The van der Waals surface area contributed by atoms with Gasteiger partial charge in [0.05, 0.1) is 0 Å². The molecule has 3 rings (SSSR count). The molecule has 0 spiro atoms. The van der Waals surface area contributed by atoms with Crippen LogP contribution < -0.4 is 62.9 Å². The van der Waals surface area contributed by atoms with Crippen molar-refractivity contribution in [1.82, 2.24) is 31.9 Å². The normalized spacial score (nSPS) is 15.8. The summed E-state index contributed by atoms with van der Waals surface area (Å²) in [5, 5.41) is 28.5. The minimum absolute atomic E-state index is 0. The zero-order valence-electron chi connectivity index (χ0n) is 30.1. The fraction of sp³-hybridized carbons (Fsp3) is 0.636. The van der Waals surface area contributed by atoms with Gasteiger partial charge in [0.1, 0.15) is 0 Å². The topological polar surface area (TPSA) is 185 Å². The van der Waals surface area contributed by atoms with E-state index in [-0.39, 0.29) is 56.2 Å². The Morgan fingerprint density at radius 3 is 0.860 bits per heavy atom. The molecule has 0 saturated heterocycles. The van der Waals surface area contributed by atoms with Gasteiger partial charge < -0.3 is 74.7 Å². The first kappa shape index (κ1) is 54.4. The Labute approximate surface area is 339 Å². The Morgan fingerprint density at radius 1 is 0.500 bits per heavy atom. The number of rotatable bonds is 0. The van der Waals surface area contributed by atoms with Crippen LogP contribution in [0.2, 0.25) is 0 Å². The van der Waals surface area contributed by atoms with Gasteiger partial charge in [-0.05, 0) is 22.0 Å². The zero-order chi connectivity index (χ0) is 35.7. The number of aliphatic hydroxyl groups excluding tert-OH is 1. The SMILES string of the molecule is CC(C)(C)c1cc2c([S-])c(c1)CNCCNCCNCc1cc(C(C)(C)C)cc(c1[S-])CNCCNCCNC2.CO.[Cl-].[Ni+2].[Ni+2].[O-][Cl+3]([O-])([O-])[O-]. The van der Waals surface area contributed by atoms with Crippen LogP contribution in [0.15, 0.2) is 34.1 Å². The van der Waals surface area contributed by atoms with Crippen molar-refractivity contribution in [3.05, 3.63) is 57.6 Å². The van der Waals surface area contributed by atoms with E-state index < -0.39 is 10.2 Å². The second-order valence-corrected chi connectivity index (χ2v) is 14.9. The van der Waals surface area contributed by atoms with Crippen molar-refractivity contribution in [2.24, 2.45) is 0 Å². The molecule has 2 aromatic rings. The maximum absolute atomic E-state index is 8.49. The molecule has 0 fully saturated rings. The van der Waals surface area contributed by atoms with E-state index in [1.165, 1.54) is 33.4 Å². The van der Waals surface area contributed by atoms with E-state index >= 15 is 0 Å². The molecule has 11 nitrogen and oxygen atoms in total. The van der Waals surface area contributed by atoms with Crippen molar-refractivity contribution in [2.45, 2.75) is 88.3 Å². The first-order chi connectivity index (χ1) is 22.0. The van der Waals surface area contributed by atoms with Gasteiger partial charge in [-0.25, -0.2) is 18.6 Å². The van der Waals surface area contributed by atoms with E-state index in [2.05, 4.69) is 97.7 Å². The quantitative estimate of drug-likeness (QED) is 0.0991. The molecule has 7 N–H and O–H groups in total. The largest absolute Gasteiger partial charge is 2.00 e. The minimum atomic E-state index is -4.94. The summed E-state index contributed by atoms with van der Waals surface area (Å²) in [6.07, 6.45) is 0. The number of halogens is 2. The molecule has 0 saturated carbocycles. The van der Waals surface area contributed by atoms with Crippen LogP contribution in [-0.2, 0) is 95.2 Å². The average Bonchev–Trinajstić information content (AvgIpc) is 2.96. The standard InChI is InChI=1S/C32H54N6S2.CH4O.ClHO4.ClH.2Ni/c1-31(2,3)27-15-23-19-35-11-7-33-9-13-37-21-25-17-28(32(4,5)6)18-26(30(25)40)22-38-14-10-34-8-12-36-20-24(16-27)29(23)39;1-2;2-1(3,4)5;;;/h15-18,33-40H,7-14,19-22H2,1-6H3;2H,1H3;(H,2,3,4,5);1H;;/q;;;;2*+2/p-4. The second-order valence-electron chi connectivity index (χ2n) is 13.3. The molecule has 0 aromatic heterocycles. The molecule has 1 aliphatic rings. The van der Waals surface area contributed by atoms with Gasteiger partial charge in [0.15, 0.2) is 0 Å². The maximum Gasteiger partial charge on any atom is 2.00 e. The minimum Gasteiger partial charge on any atom is -1.00 e. The Balaban J connectivity index is -0.00000203. The van der Waals surface area contributed by atoms with Crippen molar-refractivity contribution in [3.63, 3.8) is 0 Å². The van der Waals surface area contributed by atoms with E-state index in [1.54, 1.807) is 0 Å². The predicted molar refractivity (Wildman–Crippen MR) is 182 cm³/mol. The third-order valence-electron chi connectivity index (χ3n) is 7.39. The average molecular weight is 869 g/mol. The predicted octanol–water partition coefficient (Wildman–Crippen LogP) is -4.80. The zero-order valence-corrected chi connectivity index (χ0v) is 35.2. The summed E-state index contributed by atoms with van der Waals surface area (Å²) in [5.74, 6) is 0. The molecule has 50 heavy (non-hydrogen) atoms. The summed E-state index contributed by atoms with van der Waals surface area (Å²) < 4.78 is 34.0. The summed E-state index contributed by atoms with van der Waals surface area (Å²) in [4.78, 5) is 1.96. The van der Waals surface area contributed by atoms with Gasteiger partial charge in [-0.3, -0.25) is 0 Å². The Hall–Kier alpha value is 0.00701. The number of benzene rings is 2. The van der Waals surface area contributed by atoms with E-state index in [0.29, 0.717) is 0 Å².